The minimum absolute atomic E-state index is 0.770. The third-order valence-corrected chi connectivity index (χ3v) is 9.35. The lowest BCUT2D eigenvalue weighted by atomic mass is 9.95. The Morgan fingerprint density at radius 1 is 0.593 bits per heavy atom. The second-order valence-electron chi connectivity index (χ2n) is 6.91. The summed E-state index contributed by atoms with van der Waals surface area (Å²) in [7, 11) is -1.27. The zero-order valence-corrected chi connectivity index (χ0v) is 16.6. The molecule has 0 N–H and O–H groups in total. The molecule has 0 nitrogen and oxygen atoms in total. The van der Waals surface area contributed by atoms with Crippen LogP contribution in [0.5, 0.6) is 0 Å². The molecule has 0 spiro atoms. The predicted molar refractivity (Wildman–Crippen MR) is 117 cm³/mol. The highest BCUT2D eigenvalue weighted by Gasteiger charge is 2.37. The lowest BCUT2D eigenvalue weighted by Crippen LogP contribution is -1.97. The van der Waals surface area contributed by atoms with Crippen LogP contribution in [-0.2, 0) is 0 Å². The molecule has 132 valence electrons. The lowest BCUT2D eigenvalue weighted by Gasteiger charge is -2.34. The van der Waals surface area contributed by atoms with Gasteiger partial charge < -0.3 is 0 Å². The summed E-state index contributed by atoms with van der Waals surface area (Å²) < 4.78 is 0. The molecule has 27 heavy (non-hydrogen) atoms. The highest BCUT2D eigenvalue weighted by atomic mass is 35.5. The minimum atomic E-state index is -1.27. The lowest BCUT2D eigenvalue weighted by molar-refractivity contribution is 1.36. The van der Waals surface area contributed by atoms with Crippen molar-refractivity contribution in [1.82, 2.24) is 0 Å². The molecule has 2 heteroatoms. The van der Waals surface area contributed by atoms with Crippen LogP contribution in [0.4, 0.5) is 0 Å². The molecule has 1 aliphatic rings. The van der Waals surface area contributed by atoms with Gasteiger partial charge >= 0.3 is 0 Å². The van der Waals surface area contributed by atoms with Crippen molar-refractivity contribution in [1.29, 1.82) is 0 Å². The van der Waals surface area contributed by atoms with Crippen molar-refractivity contribution < 1.29 is 0 Å². The largest absolute Gasteiger partial charge is 0.162 e. The molecule has 1 unspecified atom stereocenters. The van der Waals surface area contributed by atoms with Gasteiger partial charge in [-0.15, -0.1) is 0 Å². The summed E-state index contributed by atoms with van der Waals surface area (Å²) in [6.07, 6.45) is 2.43. The standard InChI is InChI=1S/C25H19ClS/c1-27(20-8-3-2-4-9-20)23-12-6-5-10-22(23)25-21(11-7-13-24(25)27)18-14-16-19(26)17-15-18/h2-17H,1H3. The Bertz CT molecular complexity index is 1130. The zero-order chi connectivity index (χ0) is 18.4. The number of fused-ring (bicyclic) bond motifs is 3. The van der Waals surface area contributed by atoms with Gasteiger partial charge in [-0.2, -0.15) is 10.0 Å². The van der Waals surface area contributed by atoms with Crippen LogP contribution in [-0.4, -0.2) is 6.26 Å². The van der Waals surface area contributed by atoms with E-state index in [-0.39, 0.29) is 0 Å². The summed E-state index contributed by atoms with van der Waals surface area (Å²) in [6, 6.07) is 34.8. The van der Waals surface area contributed by atoms with Gasteiger partial charge in [0.15, 0.2) is 0 Å². The molecule has 1 heterocycles. The molecule has 0 saturated carbocycles. The van der Waals surface area contributed by atoms with Crippen LogP contribution in [0.25, 0.3) is 22.3 Å². The van der Waals surface area contributed by atoms with Gasteiger partial charge in [-0.1, -0.05) is 72.3 Å². The summed E-state index contributed by atoms with van der Waals surface area (Å²) >= 11 is 6.13. The molecule has 1 atom stereocenters. The van der Waals surface area contributed by atoms with Gasteiger partial charge in [0.2, 0.25) is 0 Å². The van der Waals surface area contributed by atoms with Gasteiger partial charge in [0.1, 0.15) is 0 Å². The Morgan fingerprint density at radius 3 is 2.00 bits per heavy atom. The molecule has 0 fully saturated rings. The van der Waals surface area contributed by atoms with E-state index in [4.69, 9.17) is 11.6 Å². The van der Waals surface area contributed by atoms with E-state index < -0.39 is 10.0 Å². The van der Waals surface area contributed by atoms with Gasteiger partial charge in [0.05, 0.1) is 0 Å². The summed E-state index contributed by atoms with van der Waals surface area (Å²) in [5.74, 6) is 0. The molecule has 0 saturated heterocycles. The molecule has 4 aromatic rings. The number of hydrogen-bond donors (Lipinski definition) is 0. The molecular formula is C25H19ClS. The van der Waals surface area contributed by atoms with Crippen molar-refractivity contribution in [3.63, 3.8) is 0 Å². The summed E-state index contributed by atoms with van der Waals surface area (Å²) in [5.41, 5.74) is 5.22. The number of rotatable bonds is 2. The van der Waals surface area contributed by atoms with Crippen molar-refractivity contribution in [3.8, 4) is 22.3 Å². The van der Waals surface area contributed by atoms with Crippen molar-refractivity contribution in [2.75, 3.05) is 6.26 Å². The average molecular weight is 387 g/mol. The van der Waals surface area contributed by atoms with E-state index in [0.29, 0.717) is 0 Å². The average Bonchev–Trinajstić information content (AvgIpc) is 3.00. The van der Waals surface area contributed by atoms with Gasteiger partial charge in [0, 0.05) is 20.4 Å². The fraction of sp³-hybridized carbons (Fsp3) is 0.0400. The van der Waals surface area contributed by atoms with E-state index in [9.17, 15) is 0 Å². The third-order valence-electron chi connectivity index (χ3n) is 5.43. The second kappa shape index (κ2) is 6.30. The first kappa shape index (κ1) is 16.7. The normalized spacial score (nSPS) is 19.8. The molecule has 0 bridgehead atoms. The Balaban J connectivity index is 1.85. The predicted octanol–water partition coefficient (Wildman–Crippen LogP) is 7.90. The van der Waals surface area contributed by atoms with Crippen LogP contribution >= 0.6 is 21.6 Å². The van der Waals surface area contributed by atoms with Crippen molar-refractivity contribution in [2.45, 2.75) is 14.7 Å². The molecule has 5 rings (SSSR count). The SMILES string of the molecule is CS1(c2ccccc2)c2ccccc2-c2c(-c3ccc(Cl)cc3)cccc21. The summed E-state index contributed by atoms with van der Waals surface area (Å²) in [6.45, 7) is 0. The fourth-order valence-electron chi connectivity index (χ4n) is 4.11. The van der Waals surface area contributed by atoms with E-state index in [2.05, 4.69) is 91.2 Å². The number of halogens is 1. The van der Waals surface area contributed by atoms with Crippen molar-refractivity contribution in [2.24, 2.45) is 0 Å². The van der Waals surface area contributed by atoms with Crippen molar-refractivity contribution >= 4 is 21.6 Å². The molecular weight excluding hydrogens is 368 g/mol. The highest BCUT2D eigenvalue weighted by Crippen LogP contribution is 2.74. The highest BCUT2D eigenvalue weighted by molar-refractivity contribution is 8.33. The summed E-state index contributed by atoms with van der Waals surface area (Å²) in [4.78, 5) is 4.31. The first-order valence-electron chi connectivity index (χ1n) is 9.01. The maximum absolute atomic E-state index is 6.13. The molecule has 4 aromatic carbocycles. The van der Waals surface area contributed by atoms with Gasteiger partial charge in [0.25, 0.3) is 0 Å². The van der Waals surface area contributed by atoms with E-state index in [0.717, 1.165) is 5.02 Å². The molecule has 0 radical (unpaired) electrons. The smallest absolute Gasteiger partial charge is 0.0406 e. The van der Waals surface area contributed by atoms with Gasteiger partial charge in [-0.3, -0.25) is 0 Å². The Labute approximate surface area is 166 Å². The zero-order valence-electron chi connectivity index (χ0n) is 15.0. The van der Waals surface area contributed by atoms with Crippen LogP contribution in [0.3, 0.4) is 0 Å². The topological polar surface area (TPSA) is 0 Å². The van der Waals surface area contributed by atoms with Crippen LogP contribution < -0.4 is 0 Å². The monoisotopic (exact) mass is 386 g/mol. The molecule has 0 aromatic heterocycles. The van der Waals surface area contributed by atoms with Crippen LogP contribution in [0.2, 0.25) is 5.02 Å². The van der Waals surface area contributed by atoms with E-state index in [1.54, 1.807) is 0 Å². The van der Waals surface area contributed by atoms with E-state index in [1.807, 2.05) is 12.1 Å². The van der Waals surface area contributed by atoms with Crippen LogP contribution in [0, 0.1) is 0 Å². The quantitative estimate of drug-likeness (QED) is 0.328. The first-order valence-corrected chi connectivity index (χ1v) is 11.4. The second-order valence-corrected chi connectivity index (χ2v) is 10.5. The Morgan fingerprint density at radius 2 is 1.22 bits per heavy atom. The molecule has 0 amide bonds. The van der Waals surface area contributed by atoms with Crippen LogP contribution in [0.15, 0.2) is 112 Å². The molecule has 1 aliphatic heterocycles. The maximum atomic E-state index is 6.13. The third kappa shape index (κ3) is 2.46. The number of hydrogen-bond acceptors (Lipinski definition) is 0. The van der Waals surface area contributed by atoms with Crippen LogP contribution in [0.1, 0.15) is 0 Å². The molecule has 0 aliphatic carbocycles. The maximum Gasteiger partial charge on any atom is 0.0406 e. The summed E-state index contributed by atoms with van der Waals surface area (Å²) in [5, 5.41) is 0.770. The van der Waals surface area contributed by atoms with Crippen molar-refractivity contribution in [3.05, 3.63) is 102 Å². The Kier molecular flexibility index (Phi) is 3.89. The van der Waals surface area contributed by atoms with Gasteiger partial charge in [-0.05, 0) is 64.2 Å². The Hall–Kier alpha value is -2.48. The first-order chi connectivity index (χ1) is 13.2. The van der Waals surface area contributed by atoms with Gasteiger partial charge in [-0.25, -0.2) is 0 Å². The van der Waals surface area contributed by atoms with E-state index in [1.165, 1.54) is 36.9 Å². The minimum Gasteiger partial charge on any atom is -0.162 e. The van der Waals surface area contributed by atoms with E-state index >= 15 is 0 Å². The fourth-order valence-corrected chi connectivity index (χ4v) is 7.63. The number of benzene rings is 4.